The normalized spacial score (nSPS) is 11.5. The highest BCUT2D eigenvalue weighted by Crippen LogP contribution is 2.13. The monoisotopic (exact) mass is 205 g/mol. The lowest BCUT2D eigenvalue weighted by Gasteiger charge is -2.06. The number of nitrogens with two attached hydrogens (primary N) is 1. The smallest absolute Gasteiger partial charge is 0.325 e. The summed E-state index contributed by atoms with van der Waals surface area (Å²) in [5.41, 5.74) is 5.20. The number of carboxylic acids is 1. The first-order valence-electron chi connectivity index (χ1n) is 3.35. The highest BCUT2D eigenvalue weighted by Gasteiger charge is 2.17. The zero-order valence-electron chi connectivity index (χ0n) is 6.61. The number of carboxylic acid groups (broad SMARTS) is 1. The van der Waals surface area contributed by atoms with Gasteiger partial charge in [-0.15, -0.1) is 12.4 Å². The van der Waals surface area contributed by atoms with E-state index in [-0.39, 0.29) is 18.0 Å². The summed E-state index contributed by atoms with van der Waals surface area (Å²) in [5.74, 6) is -1.83. The molecule has 0 amide bonds. The maximum absolute atomic E-state index is 12.9. The van der Waals surface area contributed by atoms with Gasteiger partial charge in [0.1, 0.15) is 11.9 Å². The van der Waals surface area contributed by atoms with E-state index in [0.29, 0.717) is 0 Å². The molecule has 0 aromatic heterocycles. The summed E-state index contributed by atoms with van der Waals surface area (Å²) < 4.78 is 12.9. The second kappa shape index (κ2) is 4.79. The molecule has 13 heavy (non-hydrogen) atoms. The van der Waals surface area contributed by atoms with Crippen molar-refractivity contribution in [1.82, 2.24) is 0 Å². The lowest BCUT2D eigenvalue weighted by atomic mass is 10.1. The largest absolute Gasteiger partial charge is 0.480 e. The summed E-state index contributed by atoms with van der Waals surface area (Å²) in [6.07, 6.45) is 0. The predicted octanol–water partition coefficient (Wildman–Crippen LogP) is 1.33. The van der Waals surface area contributed by atoms with Crippen LogP contribution < -0.4 is 5.73 Å². The van der Waals surface area contributed by atoms with E-state index >= 15 is 0 Å². The van der Waals surface area contributed by atoms with Gasteiger partial charge in [0.2, 0.25) is 0 Å². The Morgan fingerprint density at radius 2 is 2.00 bits per heavy atom. The topological polar surface area (TPSA) is 63.3 Å². The third-order valence-electron chi connectivity index (χ3n) is 1.51. The quantitative estimate of drug-likeness (QED) is 0.766. The van der Waals surface area contributed by atoms with Gasteiger partial charge in [0, 0.05) is 5.56 Å². The number of carbonyl (C=O) groups is 1. The van der Waals surface area contributed by atoms with Crippen LogP contribution >= 0.6 is 12.4 Å². The molecule has 72 valence electrons. The molecular formula is C8H9ClFNO2. The second-order valence-electron chi connectivity index (χ2n) is 2.34. The van der Waals surface area contributed by atoms with E-state index < -0.39 is 17.8 Å². The van der Waals surface area contributed by atoms with Gasteiger partial charge in [-0.1, -0.05) is 18.2 Å². The van der Waals surface area contributed by atoms with Crippen molar-refractivity contribution < 1.29 is 14.3 Å². The number of benzene rings is 1. The molecule has 1 aromatic rings. The van der Waals surface area contributed by atoms with Crippen molar-refractivity contribution >= 4 is 18.4 Å². The Labute approximate surface area is 80.8 Å². The second-order valence-corrected chi connectivity index (χ2v) is 2.34. The van der Waals surface area contributed by atoms with Crippen molar-refractivity contribution in [3.8, 4) is 0 Å². The molecule has 3 N–H and O–H groups in total. The van der Waals surface area contributed by atoms with Crippen molar-refractivity contribution in [1.29, 1.82) is 0 Å². The van der Waals surface area contributed by atoms with E-state index in [2.05, 4.69) is 0 Å². The summed E-state index contributed by atoms with van der Waals surface area (Å²) in [4.78, 5) is 10.4. The van der Waals surface area contributed by atoms with Gasteiger partial charge in [0.05, 0.1) is 0 Å². The molecule has 1 unspecified atom stereocenters. The molecule has 3 nitrogen and oxygen atoms in total. The minimum absolute atomic E-state index is 0. The van der Waals surface area contributed by atoms with Crippen LogP contribution in [-0.4, -0.2) is 11.1 Å². The summed E-state index contributed by atoms with van der Waals surface area (Å²) >= 11 is 0. The molecule has 0 saturated heterocycles. The van der Waals surface area contributed by atoms with Crippen LogP contribution in [0.3, 0.4) is 0 Å². The number of hydrogen-bond donors (Lipinski definition) is 2. The lowest BCUT2D eigenvalue weighted by Crippen LogP contribution is -2.21. The third kappa shape index (κ3) is 2.68. The third-order valence-corrected chi connectivity index (χ3v) is 1.51. The van der Waals surface area contributed by atoms with E-state index in [9.17, 15) is 9.18 Å². The van der Waals surface area contributed by atoms with Gasteiger partial charge >= 0.3 is 5.97 Å². The molecule has 1 rings (SSSR count). The molecule has 0 bridgehead atoms. The molecule has 0 aliphatic rings. The summed E-state index contributed by atoms with van der Waals surface area (Å²) in [6, 6.07) is 4.27. The number of hydrogen-bond acceptors (Lipinski definition) is 2. The fraction of sp³-hybridized carbons (Fsp3) is 0.125. The first-order chi connectivity index (χ1) is 5.63. The van der Waals surface area contributed by atoms with Crippen molar-refractivity contribution in [3.63, 3.8) is 0 Å². The van der Waals surface area contributed by atoms with Gasteiger partial charge in [0.15, 0.2) is 0 Å². The predicted molar refractivity (Wildman–Crippen MR) is 48.2 cm³/mol. The number of halogens is 2. The van der Waals surface area contributed by atoms with Gasteiger partial charge in [0.25, 0.3) is 0 Å². The summed E-state index contributed by atoms with van der Waals surface area (Å²) in [6.45, 7) is 0. The molecule has 1 atom stereocenters. The van der Waals surface area contributed by atoms with Gasteiger partial charge in [-0.05, 0) is 6.07 Å². The highest BCUT2D eigenvalue weighted by molar-refractivity contribution is 5.85. The van der Waals surface area contributed by atoms with E-state index in [1.54, 1.807) is 6.07 Å². The summed E-state index contributed by atoms with van der Waals surface area (Å²) in [7, 11) is 0. The molecule has 0 spiro atoms. The van der Waals surface area contributed by atoms with E-state index in [1.807, 2.05) is 0 Å². The molecule has 0 aliphatic heterocycles. The Bertz CT molecular complexity index is 306. The fourth-order valence-electron chi connectivity index (χ4n) is 0.860. The fourth-order valence-corrected chi connectivity index (χ4v) is 0.860. The van der Waals surface area contributed by atoms with Crippen molar-refractivity contribution in [2.45, 2.75) is 6.04 Å². The standard InChI is InChI=1S/C8H8FNO2.ClH/c9-6-4-2-1-3-5(6)7(10)8(11)12;/h1-4,7H,10H2,(H,11,12);1H. The van der Waals surface area contributed by atoms with Crippen LogP contribution in [0.25, 0.3) is 0 Å². The van der Waals surface area contributed by atoms with Crippen molar-refractivity contribution in [2.75, 3.05) is 0 Å². The van der Waals surface area contributed by atoms with Gasteiger partial charge < -0.3 is 10.8 Å². The van der Waals surface area contributed by atoms with Crippen LogP contribution in [-0.2, 0) is 4.79 Å². The Hall–Kier alpha value is -1.13. The van der Waals surface area contributed by atoms with Crippen LogP contribution in [0.1, 0.15) is 11.6 Å². The Morgan fingerprint density at radius 1 is 1.46 bits per heavy atom. The average Bonchev–Trinajstić information content (AvgIpc) is 2.04. The van der Waals surface area contributed by atoms with E-state index in [1.165, 1.54) is 18.2 Å². The summed E-state index contributed by atoms with van der Waals surface area (Å²) in [5, 5.41) is 8.47. The van der Waals surface area contributed by atoms with E-state index in [4.69, 9.17) is 10.8 Å². The average molecular weight is 206 g/mol. The van der Waals surface area contributed by atoms with Gasteiger partial charge in [-0.25, -0.2) is 4.39 Å². The minimum Gasteiger partial charge on any atom is -0.480 e. The van der Waals surface area contributed by atoms with Crippen molar-refractivity contribution in [2.24, 2.45) is 5.73 Å². The molecule has 0 aliphatic carbocycles. The molecular weight excluding hydrogens is 197 g/mol. The van der Waals surface area contributed by atoms with Gasteiger partial charge in [-0.2, -0.15) is 0 Å². The van der Waals surface area contributed by atoms with Crippen LogP contribution in [0.5, 0.6) is 0 Å². The van der Waals surface area contributed by atoms with Crippen LogP contribution in [0, 0.1) is 5.82 Å². The first kappa shape index (κ1) is 11.9. The Kier molecular flexibility index (Phi) is 4.37. The minimum atomic E-state index is -1.29. The molecule has 0 fully saturated rings. The zero-order valence-corrected chi connectivity index (χ0v) is 7.42. The van der Waals surface area contributed by atoms with E-state index in [0.717, 1.165) is 0 Å². The van der Waals surface area contributed by atoms with Crippen LogP contribution in [0.15, 0.2) is 24.3 Å². The Morgan fingerprint density at radius 3 is 2.46 bits per heavy atom. The maximum Gasteiger partial charge on any atom is 0.325 e. The molecule has 0 saturated carbocycles. The van der Waals surface area contributed by atoms with Crippen LogP contribution in [0.2, 0.25) is 0 Å². The zero-order chi connectivity index (χ0) is 9.14. The Balaban J connectivity index is 0.00000144. The number of aliphatic carboxylic acids is 1. The molecule has 0 radical (unpaired) electrons. The lowest BCUT2D eigenvalue weighted by molar-refractivity contribution is -0.138. The first-order valence-corrected chi connectivity index (χ1v) is 3.35. The van der Waals surface area contributed by atoms with Gasteiger partial charge in [-0.3, -0.25) is 4.79 Å². The molecule has 0 heterocycles. The highest BCUT2D eigenvalue weighted by atomic mass is 35.5. The molecule has 5 heteroatoms. The number of rotatable bonds is 2. The van der Waals surface area contributed by atoms with Crippen molar-refractivity contribution in [3.05, 3.63) is 35.6 Å². The maximum atomic E-state index is 12.9. The molecule has 1 aromatic carbocycles. The SMILES string of the molecule is Cl.NC(C(=O)O)c1ccccc1F. The van der Waals surface area contributed by atoms with Crippen LogP contribution in [0.4, 0.5) is 4.39 Å².